The number of morpholine rings is 1. The van der Waals surface area contributed by atoms with Gasteiger partial charge in [-0.05, 0) is 72.2 Å². The monoisotopic (exact) mass is 558 g/mol. The third-order valence-corrected chi connectivity index (χ3v) is 7.58. The Kier molecular flexibility index (Phi) is 7.94. The van der Waals surface area contributed by atoms with Crippen molar-refractivity contribution in [3.63, 3.8) is 0 Å². The fraction of sp³-hybridized carbons (Fsp3) is 0.267. The number of hydrogen-bond donors (Lipinski definition) is 2. The highest BCUT2D eigenvalue weighted by Crippen LogP contribution is 2.48. The van der Waals surface area contributed by atoms with Crippen molar-refractivity contribution >= 4 is 41.0 Å². The molecule has 1 saturated carbocycles. The number of benzene rings is 2. The van der Waals surface area contributed by atoms with Crippen molar-refractivity contribution < 1.29 is 14.6 Å². The van der Waals surface area contributed by atoms with E-state index >= 15 is 0 Å². The molecular formula is C30H30ClFN7O+. The van der Waals surface area contributed by atoms with E-state index in [1.807, 2.05) is 29.2 Å². The van der Waals surface area contributed by atoms with Gasteiger partial charge in [-0.15, -0.1) is 0 Å². The van der Waals surface area contributed by atoms with Crippen molar-refractivity contribution in [3.8, 4) is 0 Å². The van der Waals surface area contributed by atoms with Gasteiger partial charge in [0.25, 0.3) is 0 Å². The summed E-state index contributed by atoms with van der Waals surface area (Å²) in [6, 6.07) is 20.6. The molecule has 3 heterocycles. The van der Waals surface area contributed by atoms with E-state index in [1.54, 1.807) is 12.4 Å². The molecule has 6 rings (SSSR count). The molecule has 3 N–H and O–H groups in total. The lowest BCUT2D eigenvalue weighted by atomic mass is 9.68. The highest BCUT2D eigenvalue weighted by molar-refractivity contribution is 6.30. The van der Waals surface area contributed by atoms with Crippen LogP contribution in [0.15, 0.2) is 78.2 Å². The molecule has 4 aromatic rings. The Morgan fingerprint density at radius 2 is 1.73 bits per heavy atom. The number of nitrogens with one attached hydrogen (secondary N) is 1. The first-order chi connectivity index (χ1) is 19.6. The smallest absolute Gasteiger partial charge is 0.354 e. The Bertz CT molecular complexity index is 1490. The lowest BCUT2D eigenvalue weighted by molar-refractivity contribution is -0.584. The summed E-state index contributed by atoms with van der Waals surface area (Å²) in [5.74, 6) is 1.28. The van der Waals surface area contributed by atoms with E-state index in [0.717, 1.165) is 29.2 Å². The van der Waals surface area contributed by atoms with Crippen molar-refractivity contribution in [2.75, 3.05) is 36.5 Å². The van der Waals surface area contributed by atoms with Gasteiger partial charge < -0.3 is 15.0 Å². The molecule has 0 unspecified atom stereocenters. The number of hydrogen-bond acceptors (Lipinski definition) is 7. The zero-order valence-corrected chi connectivity index (χ0v) is 22.6. The minimum absolute atomic E-state index is 0.274. The van der Waals surface area contributed by atoms with Crippen LogP contribution in [-0.2, 0) is 4.74 Å². The van der Waals surface area contributed by atoms with Crippen molar-refractivity contribution in [2.24, 2.45) is 5.10 Å². The van der Waals surface area contributed by atoms with Gasteiger partial charge in [-0.25, -0.2) is 4.39 Å². The van der Waals surface area contributed by atoms with E-state index in [2.05, 4.69) is 61.8 Å². The normalized spacial score (nSPS) is 19.0. The van der Waals surface area contributed by atoms with Gasteiger partial charge in [-0.3, -0.25) is 4.98 Å². The molecule has 1 saturated heterocycles. The maximum absolute atomic E-state index is 14.2. The fourth-order valence-corrected chi connectivity index (χ4v) is 5.32. The van der Waals surface area contributed by atoms with Crippen LogP contribution in [0.3, 0.4) is 0 Å². The van der Waals surface area contributed by atoms with Gasteiger partial charge >= 0.3 is 5.95 Å². The molecule has 2 aliphatic rings. The molecule has 2 aromatic carbocycles. The number of pyridine rings is 1. The first-order valence-electron chi connectivity index (χ1n) is 13.4. The topological polar surface area (TPSA) is 92.1 Å². The van der Waals surface area contributed by atoms with Gasteiger partial charge in [0.15, 0.2) is 11.6 Å². The standard InChI is InChI=1S/C30H29ClFN7O/c31-24-5-1-3-20(15-24)22-13-23(14-22)21-4-2-6-25(16-21)36-27-8-7-26(33-17-27)18-35-38-30-34-19-28(32)29(37-30)39-9-11-40-12-10-39/h1-8,15-19,22-23,36H,9-14H2,(H,34,37,38)/p+1/b35-18+. The zero-order chi connectivity index (χ0) is 27.3. The van der Waals surface area contributed by atoms with E-state index < -0.39 is 5.82 Å². The number of ether oxygens (including phenoxy) is 1. The molecule has 0 radical (unpaired) electrons. The number of quaternary nitrogens is 1. The van der Waals surface area contributed by atoms with Crippen LogP contribution in [0, 0.1) is 5.82 Å². The quantitative estimate of drug-likeness (QED) is 0.177. The lowest BCUT2D eigenvalue weighted by Gasteiger charge is -2.36. The summed E-state index contributed by atoms with van der Waals surface area (Å²) in [4.78, 5) is 14.7. The average Bonchev–Trinajstić information content (AvgIpc) is 2.95. The maximum atomic E-state index is 14.2. The molecule has 204 valence electrons. The average molecular weight is 559 g/mol. The second-order valence-corrected chi connectivity index (χ2v) is 10.5. The van der Waals surface area contributed by atoms with Gasteiger partial charge in [0.2, 0.25) is 0 Å². The summed E-state index contributed by atoms with van der Waals surface area (Å²) >= 11 is 6.17. The molecular weight excluding hydrogens is 529 g/mol. The van der Waals surface area contributed by atoms with E-state index in [-0.39, 0.29) is 5.82 Å². The summed E-state index contributed by atoms with van der Waals surface area (Å²) < 4.78 is 19.6. The lowest BCUT2D eigenvalue weighted by Crippen LogP contribution is -2.72. The van der Waals surface area contributed by atoms with Gasteiger partial charge in [-0.1, -0.05) is 41.0 Å². The molecule has 8 nitrogen and oxygen atoms in total. The Morgan fingerprint density at radius 3 is 2.48 bits per heavy atom. The van der Waals surface area contributed by atoms with Gasteiger partial charge in [-0.2, -0.15) is 15.4 Å². The molecule has 1 aliphatic carbocycles. The third kappa shape index (κ3) is 6.28. The van der Waals surface area contributed by atoms with E-state index in [4.69, 9.17) is 16.3 Å². The molecule has 40 heavy (non-hydrogen) atoms. The number of rotatable bonds is 8. The van der Waals surface area contributed by atoms with Crippen LogP contribution >= 0.6 is 11.6 Å². The maximum Gasteiger partial charge on any atom is 0.354 e. The molecule has 2 fully saturated rings. The van der Waals surface area contributed by atoms with E-state index in [1.165, 1.54) is 22.7 Å². The van der Waals surface area contributed by atoms with Crippen LogP contribution < -0.4 is 15.6 Å². The molecule has 0 bridgehead atoms. The number of nitrogens with zero attached hydrogens (tertiary/aromatic N) is 5. The Morgan fingerprint density at radius 1 is 0.950 bits per heavy atom. The molecule has 0 amide bonds. The van der Waals surface area contributed by atoms with E-state index in [0.29, 0.717) is 49.8 Å². The van der Waals surface area contributed by atoms with Gasteiger partial charge in [0.05, 0.1) is 37.0 Å². The van der Waals surface area contributed by atoms with Crippen LogP contribution in [0.2, 0.25) is 5.02 Å². The Labute approximate surface area is 237 Å². The van der Waals surface area contributed by atoms with Crippen LogP contribution in [0.5, 0.6) is 0 Å². The third-order valence-electron chi connectivity index (χ3n) is 7.34. The van der Waals surface area contributed by atoms with Gasteiger partial charge in [0.1, 0.15) is 6.21 Å². The Balaban J connectivity index is 1.03. The largest absolute Gasteiger partial charge is 0.378 e. The second kappa shape index (κ2) is 12.1. The number of halogens is 2. The summed E-state index contributed by atoms with van der Waals surface area (Å²) in [7, 11) is 0. The predicted molar refractivity (Wildman–Crippen MR) is 154 cm³/mol. The van der Waals surface area contributed by atoms with Crippen molar-refractivity contribution in [3.05, 3.63) is 101 Å². The van der Waals surface area contributed by atoms with E-state index in [9.17, 15) is 4.39 Å². The number of anilines is 3. The minimum Gasteiger partial charge on any atom is -0.378 e. The van der Waals surface area contributed by atoms with Crippen molar-refractivity contribution in [1.82, 2.24) is 15.0 Å². The van der Waals surface area contributed by atoms with Crippen LogP contribution in [0.1, 0.15) is 41.5 Å². The second-order valence-electron chi connectivity index (χ2n) is 10.0. The summed E-state index contributed by atoms with van der Waals surface area (Å²) in [5, 5.41) is 8.54. The SMILES string of the molecule is Fc1cnc([NH2+]/N=C/c2ccc(Nc3cccc(C4CC(c5cccc(Cl)c5)C4)c3)cn2)nc1N1CCOCC1. The summed E-state index contributed by atoms with van der Waals surface area (Å²) in [5.41, 5.74) is 6.78. The number of aromatic nitrogens is 3. The highest BCUT2D eigenvalue weighted by atomic mass is 35.5. The zero-order valence-electron chi connectivity index (χ0n) is 21.9. The summed E-state index contributed by atoms with van der Waals surface area (Å²) in [6.45, 7) is 2.29. The van der Waals surface area contributed by atoms with Crippen LogP contribution in [0.4, 0.5) is 27.5 Å². The molecule has 10 heteroatoms. The van der Waals surface area contributed by atoms with Crippen LogP contribution in [0.25, 0.3) is 0 Å². The molecule has 2 aromatic heterocycles. The number of nitrogens with two attached hydrogens (primary N) is 1. The predicted octanol–water partition coefficient (Wildman–Crippen LogP) is 5.13. The minimum atomic E-state index is -0.451. The molecule has 1 aliphatic heterocycles. The first kappa shape index (κ1) is 26.3. The van der Waals surface area contributed by atoms with Crippen molar-refractivity contribution in [1.29, 1.82) is 0 Å². The van der Waals surface area contributed by atoms with Crippen molar-refractivity contribution in [2.45, 2.75) is 24.7 Å². The molecule has 0 spiro atoms. The fourth-order valence-electron chi connectivity index (χ4n) is 5.13. The van der Waals surface area contributed by atoms with Crippen LogP contribution in [-0.4, -0.2) is 47.5 Å². The summed E-state index contributed by atoms with van der Waals surface area (Å²) in [6.07, 6.45) is 6.84. The Hall–Kier alpha value is -3.92. The molecule has 0 atom stereocenters. The first-order valence-corrected chi connectivity index (χ1v) is 13.8. The highest BCUT2D eigenvalue weighted by Gasteiger charge is 2.31. The van der Waals surface area contributed by atoms with Gasteiger partial charge in [0, 0.05) is 23.8 Å².